The second-order valence-corrected chi connectivity index (χ2v) is 12.8. The number of aromatic nitrogens is 2. The van der Waals surface area contributed by atoms with Crippen molar-refractivity contribution in [1.29, 1.82) is 0 Å². The zero-order valence-corrected chi connectivity index (χ0v) is 28.5. The maximum absolute atomic E-state index is 13.8. The summed E-state index contributed by atoms with van der Waals surface area (Å²) in [4.78, 5) is 86.8. The summed E-state index contributed by atoms with van der Waals surface area (Å²) in [5.41, 5.74) is 6.92. The maximum Gasteiger partial charge on any atom is 0.326 e. The molecule has 1 fully saturated rings. The SMILES string of the molecule is CC(C)[C@H](NC(=O)[C@H](Cc1ccccc1)NC(=O)[C@@H]1CCCN1C(=O)[C@@H](N)[C@@H](C)O)C(=O)N[C@H](C(=O)N[C@@H](Cc1c[nH]cn1)C(=O)O)[C@@H](C)O. The van der Waals surface area contributed by atoms with Crippen molar-refractivity contribution in [3.63, 3.8) is 0 Å². The zero-order chi connectivity index (χ0) is 37.1. The first-order valence-corrected chi connectivity index (χ1v) is 16.5. The van der Waals surface area contributed by atoms with Gasteiger partial charge in [0.15, 0.2) is 0 Å². The molecule has 0 bridgehead atoms. The van der Waals surface area contributed by atoms with Gasteiger partial charge in [-0.1, -0.05) is 44.2 Å². The number of carboxylic acids is 1. The number of nitrogens with one attached hydrogen (secondary N) is 5. The van der Waals surface area contributed by atoms with E-state index in [0.29, 0.717) is 24.1 Å². The van der Waals surface area contributed by atoms with Gasteiger partial charge in [0.1, 0.15) is 36.3 Å². The molecule has 17 heteroatoms. The number of likely N-dealkylation sites (tertiary alicyclic amines) is 1. The largest absolute Gasteiger partial charge is 0.480 e. The lowest BCUT2D eigenvalue weighted by Gasteiger charge is -2.30. The number of benzene rings is 1. The van der Waals surface area contributed by atoms with E-state index in [-0.39, 0.29) is 19.4 Å². The molecule has 17 nitrogen and oxygen atoms in total. The minimum atomic E-state index is -1.58. The lowest BCUT2D eigenvalue weighted by molar-refractivity contribution is -0.143. The first-order valence-electron chi connectivity index (χ1n) is 16.5. The van der Waals surface area contributed by atoms with Crippen LogP contribution in [0.25, 0.3) is 0 Å². The van der Waals surface area contributed by atoms with Gasteiger partial charge in [-0.05, 0) is 38.2 Å². The molecule has 0 aliphatic carbocycles. The number of carboxylic acid groups (broad SMARTS) is 1. The van der Waals surface area contributed by atoms with E-state index in [1.54, 1.807) is 44.2 Å². The van der Waals surface area contributed by atoms with E-state index in [9.17, 15) is 44.1 Å². The van der Waals surface area contributed by atoms with Crippen LogP contribution in [0.15, 0.2) is 42.9 Å². The Labute approximate surface area is 289 Å². The molecule has 3 rings (SSSR count). The van der Waals surface area contributed by atoms with Crippen LogP contribution in [-0.2, 0) is 41.6 Å². The third kappa shape index (κ3) is 10.8. The van der Waals surface area contributed by atoms with Crippen LogP contribution in [0.3, 0.4) is 0 Å². The third-order valence-electron chi connectivity index (χ3n) is 8.45. The van der Waals surface area contributed by atoms with Gasteiger partial charge in [-0.2, -0.15) is 0 Å². The standard InChI is InChI=1S/C33H48N8O9/c1-17(2)26(30(46)40-27(19(4)43)31(47)38-23(33(49)50)14-21-15-35-16-36-21)39-28(44)22(13-20-9-6-5-7-10-20)37-29(45)24-11-8-12-41(24)32(48)25(34)18(3)42/h5-7,9-10,15-19,22-27,42-43H,8,11-14,34H2,1-4H3,(H,35,36)(H,37,45)(H,38,47)(H,39,44)(H,40,46)(H,49,50)/t18-,19-,22+,23+,24+,25+,26+,27+/m1/s1. The Bertz CT molecular complexity index is 1470. The van der Waals surface area contributed by atoms with Crippen LogP contribution in [0.4, 0.5) is 0 Å². The van der Waals surface area contributed by atoms with E-state index in [1.165, 1.54) is 31.3 Å². The number of hydrogen-bond donors (Lipinski definition) is 9. The number of nitrogens with two attached hydrogens (primary N) is 1. The average Bonchev–Trinajstić information content (AvgIpc) is 3.77. The lowest BCUT2D eigenvalue weighted by atomic mass is 9.99. The Morgan fingerprint density at radius 2 is 1.52 bits per heavy atom. The number of carbonyl (C=O) groups is 6. The number of hydrogen-bond acceptors (Lipinski definition) is 10. The molecule has 0 unspecified atom stereocenters. The molecule has 0 radical (unpaired) electrons. The molecule has 8 atom stereocenters. The smallest absolute Gasteiger partial charge is 0.326 e. The number of aliphatic carboxylic acids is 1. The first-order chi connectivity index (χ1) is 23.6. The fourth-order valence-corrected chi connectivity index (χ4v) is 5.54. The van der Waals surface area contributed by atoms with Crippen LogP contribution < -0.4 is 27.0 Å². The summed E-state index contributed by atoms with van der Waals surface area (Å²) < 4.78 is 0. The van der Waals surface area contributed by atoms with Crippen LogP contribution in [0.5, 0.6) is 0 Å². The van der Waals surface area contributed by atoms with Crippen LogP contribution >= 0.6 is 0 Å². The summed E-state index contributed by atoms with van der Waals surface area (Å²) in [6.45, 7) is 6.15. The van der Waals surface area contributed by atoms with Crippen molar-refractivity contribution in [2.75, 3.05) is 6.54 Å². The predicted octanol–water partition coefficient (Wildman–Crippen LogP) is -2.05. The van der Waals surface area contributed by atoms with Gasteiger partial charge in [0, 0.05) is 25.6 Å². The first kappa shape index (κ1) is 39.6. The van der Waals surface area contributed by atoms with Gasteiger partial charge >= 0.3 is 5.97 Å². The molecule has 0 spiro atoms. The van der Waals surface area contributed by atoms with Crippen LogP contribution in [-0.4, -0.2) is 121 Å². The topological polar surface area (TPSA) is 269 Å². The highest BCUT2D eigenvalue weighted by molar-refractivity contribution is 5.97. The number of aliphatic hydroxyl groups is 2. The second kappa shape index (κ2) is 18.2. The van der Waals surface area contributed by atoms with E-state index in [2.05, 4.69) is 31.2 Å². The van der Waals surface area contributed by atoms with Crippen molar-refractivity contribution in [1.82, 2.24) is 36.1 Å². The summed E-state index contributed by atoms with van der Waals surface area (Å²) in [7, 11) is 0. The molecular weight excluding hydrogens is 652 g/mol. The third-order valence-corrected chi connectivity index (χ3v) is 8.45. The van der Waals surface area contributed by atoms with Gasteiger partial charge in [-0.3, -0.25) is 24.0 Å². The Morgan fingerprint density at radius 3 is 2.08 bits per heavy atom. The fourth-order valence-electron chi connectivity index (χ4n) is 5.54. The van der Waals surface area contributed by atoms with Crippen molar-refractivity contribution in [3.05, 3.63) is 54.1 Å². The van der Waals surface area contributed by atoms with Gasteiger partial charge in [-0.25, -0.2) is 9.78 Å². The monoisotopic (exact) mass is 700 g/mol. The van der Waals surface area contributed by atoms with Crippen molar-refractivity contribution >= 4 is 35.5 Å². The Balaban J connectivity index is 1.77. The van der Waals surface area contributed by atoms with Gasteiger partial charge in [0.2, 0.25) is 29.5 Å². The molecular formula is C33H48N8O9. The number of rotatable bonds is 17. The highest BCUT2D eigenvalue weighted by Gasteiger charge is 2.39. The molecule has 274 valence electrons. The Hall–Kier alpha value is -4.87. The molecule has 2 heterocycles. The van der Waals surface area contributed by atoms with Crippen LogP contribution in [0, 0.1) is 5.92 Å². The highest BCUT2D eigenvalue weighted by atomic mass is 16.4. The average molecular weight is 701 g/mol. The van der Waals surface area contributed by atoms with Gasteiger partial charge in [-0.15, -0.1) is 0 Å². The number of carbonyl (C=O) groups excluding carboxylic acids is 5. The molecule has 10 N–H and O–H groups in total. The van der Waals surface area contributed by atoms with Crippen molar-refractivity contribution in [2.24, 2.45) is 11.7 Å². The molecule has 50 heavy (non-hydrogen) atoms. The normalized spacial score (nSPS) is 18.6. The van der Waals surface area contributed by atoms with E-state index in [0.717, 1.165) is 0 Å². The highest BCUT2D eigenvalue weighted by Crippen LogP contribution is 2.20. The quantitative estimate of drug-likeness (QED) is 0.0867. The van der Waals surface area contributed by atoms with E-state index < -0.39 is 89.9 Å². The number of aromatic amines is 1. The number of aliphatic hydroxyl groups excluding tert-OH is 2. The Kier molecular flexibility index (Phi) is 14.4. The lowest BCUT2D eigenvalue weighted by Crippen LogP contribution is -2.62. The molecule has 5 amide bonds. The minimum absolute atomic E-state index is 0.0317. The van der Waals surface area contributed by atoms with Crippen LogP contribution in [0.1, 0.15) is 51.8 Å². The van der Waals surface area contributed by atoms with Gasteiger partial charge in [0.25, 0.3) is 0 Å². The minimum Gasteiger partial charge on any atom is -0.480 e. The van der Waals surface area contributed by atoms with Crippen LogP contribution in [0.2, 0.25) is 0 Å². The van der Waals surface area contributed by atoms with Gasteiger partial charge in [0.05, 0.1) is 24.2 Å². The predicted molar refractivity (Wildman–Crippen MR) is 179 cm³/mol. The number of amides is 5. The molecule has 0 saturated carbocycles. The summed E-state index contributed by atoms with van der Waals surface area (Å²) in [5, 5.41) is 40.0. The molecule has 1 aromatic heterocycles. The van der Waals surface area contributed by atoms with E-state index in [4.69, 9.17) is 5.73 Å². The molecule has 1 aliphatic heterocycles. The number of nitrogens with zero attached hydrogens (tertiary/aromatic N) is 2. The molecule has 1 saturated heterocycles. The number of H-pyrrole nitrogens is 1. The van der Waals surface area contributed by atoms with Crippen molar-refractivity contribution in [3.8, 4) is 0 Å². The zero-order valence-electron chi connectivity index (χ0n) is 28.5. The van der Waals surface area contributed by atoms with Crippen molar-refractivity contribution in [2.45, 2.75) is 102 Å². The van der Waals surface area contributed by atoms with Crippen molar-refractivity contribution < 1.29 is 44.1 Å². The summed E-state index contributed by atoms with van der Waals surface area (Å²) in [6.07, 6.45) is 0.924. The maximum atomic E-state index is 13.8. The second-order valence-electron chi connectivity index (χ2n) is 12.8. The van der Waals surface area contributed by atoms with E-state index >= 15 is 0 Å². The summed E-state index contributed by atoms with van der Waals surface area (Å²) in [6, 6.07) is 1.22. The summed E-state index contributed by atoms with van der Waals surface area (Å²) >= 11 is 0. The Morgan fingerprint density at radius 1 is 0.880 bits per heavy atom. The van der Waals surface area contributed by atoms with E-state index in [1.807, 2.05) is 0 Å². The fraction of sp³-hybridized carbons (Fsp3) is 0.545. The van der Waals surface area contributed by atoms with Gasteiger partial charge < -0.3 is 52.2 Å². The summed E-state index contributed by atoms with van der Waals surface area (Å²) in [5.74, 6) is -5.62. The number of imidazole rings is 1. The molecule has 1 aromatic carbocycles. The molecule has 2 aromatic rings. The molecule has 1 aliphatic rings.